The molecule has 0 saturated heterocycles. The molecule has 0 radical (unpaired) electrons. The van der Waals surface area contributed by atoms with E-state index in [1.54, 1.807) is 31.4 Å². The van der Waals surface area contributed by atoms with E-state index in [-0.39, 0.29) is 23.6 Å². The van der Waals surface area contributed by atoms with Crippen molar-refractivity contribution in [3.8, 4) is 5.75 Å². The van der Waals surface area contributed by atoms with Gasteiger partial charge in [0.05, 0.1) is 24.3 Å². The third-order valence-electron chi connectivity index (χ3n) is 5.13. The predicted octanol–water partition coefficient (Wildman–Crippen LogP) is 2.20. The highest BCUT2D eigenvalue weighted by Gasteiger charge is 2.35. The Hall–Kier alpha value is -2.38. The summed E-state index contributed by atoms with van der Waals surface area (Å²) in [7, 11) is -1.91. The number of fused-ring (bicyclic) bond motifs is 1. The van der Waals surface area contributed by atoms with E-state index in [1.807, 2.05) is 12.1 Å². The van der Waals surface area contributed by atoms with Crippen LogP contribution in [0.4, 0.5) is 0 Å². The van der Waals surface area contributed by atoms with Gasteiger partial charge in [-0.25, -0.2) is 8.42 Å². The molecule has 0 aromatic heterocycles. The molecule has 0 spiro atoms. The minimum atomic E-state index is -3.51. The highest BCUT2D eigenvalue weighted by Crippen LogP contribution is 2.36. The molecule has 1 amide bonds. The lowest BCUT2D eigenvalue weighted by Crippen LogP contribution is -2.43. The topological polar surface area (TPSA) is 92.7 Å². The number of methoxy groups -OCH3 is 1. The average Bonchev–Trinajstić information content (AvgIpc) is 2.71. The Morgan fingerprint density at radius 1 is 1.21 bits per heavy atom. The summed E-state index contributed by atoms with van der Waals surface area (Å²) in [6.45, 7) is 0.0521. The predicted molar refractivity (Wildman–Crippen MR) is 106 cm³/mol. The number of amides is 1. The standard InChI is InChI=1S/C21H25NO5S/c1-27-17-9-10-19-16(14-17)6-5-12-21(19,24)15-22-20(23)11-13-28(25,26)18-7-3-2-4-8-18/h2-4,7-10,14,24H,5-6,11-13,15H2,1H3,(H,22,23)/t21-/m1/s1. The lowest BCUT2D eigenvalue weighted by atomic mass is 9.79. The van der Waals surface area contributed by atoms with Gasteiger partial charge in [-0.05, 0) is 54.7 Å². The molecule has 0 bridgehead atoms. The number of carbonyl (C=O) groups excluding carboxylic acids is 1. The van der Waals surface area contributed by atoms with Gasteiger partial charge in [0, 0.05) is 6.42 Å². The normalized spacial score (nSPS) is 18.9. The van der Waals surface area contributed by atoms with Gasteiger partial charge in [-0.15, -0.1) is 0 Å². The van der Waals surface area contributed by atoms with E-state index < -0.39 is 21.3 Å². The van der Waals surface area contributed by atoms with E-state index in [9.17, 15) is 18.3 Å². The third kappa shape index (κ3) is 4.54. The van der Waals surface area contributed by atoms with Crippen LogP contribution in [0.25, 0.3) is 0 Å². The lowest BCUT2D eigenvalue weighted by molar-refractivity contribution is -0.122. The van der Waals surface area contributed by atoms with Gasteiger partial charge in [0.1, 0.15) is 11.4 Å². The number of ether oxygens (including phenoxy) is 1. The zero-order chi connectivity index (χ0) is 20.2. The fourth-order valence-electron chi connectivity index (χ4n) is 3.55. The smallest absolute Gasteiger partial charge is 0.221 e. The van der Waals surface area contributed by atoms with Crippen molar-refractivity contribution < 1.29 is 23.1 Å². The second kappa shape index (κ2) is 8.32. The van der Waals surface area contributed by atoms with Crippen molar-refractivity contribution >= 4 is 15.7 Å². The number of nitrogens with one attached hydrogen (secondary N) is 1. The monoisotopic (exact) mass is 403 g/mol. The molecule has 6 nitrogen and oxygen atoms in total. The molecule has 1 aliphatic carbocycles. The van der Waals surface area contributed by atoms with Crippen LogP contribution >= 0.6 is 0 Å². The summed E-state index contributed by atoms with van der Waals surface area (Å²) in [5, 5.41) is 13.8. The van der Waals surface area contributed by atoms with Crippen molar-refractivity contribution in [3.05, 3.63) is 59.7 Å². The molecule has 2 N–H and O–H groups in total. The molecule has 1 aliphatic rings. The van der Waals surface area contributed by atoms with Crippen molar-refractivity contribution in [2.45, 2.75) is 36.2 Å². The van der Waals surface area contributed by atoms with Crippen LogP contribution in [0, 0.1) is 0 Å². The molecule has 0 fully saturated rings. The summed E-state index contributed by atoms with van der Waals surface area (Å²) in [6, 6.07) is 13.6. The van der Waals surface area contributed by atoms with Crippen molar-refractivity contribution in [3.63, 3.8) is 0 Å². The van der Waals surface area contributed by atoms with Crippen LogP contribution in [0.1, 0.15) is 30.4 Å². The van der Waals surface area contributed by atoms with E-state index in [4.69, 9.17) is 4.74 Å². The van der Waals surface area contributed by atoms with E-state index in [0.29, 0.717) is 6.42 Å². The van der Waals surface area contributed by atoms with Gasteiger partial charge in [-0.1, -0.05) is 24.3 Å². The zero-order valence-corrected chi connectivity index (χ0v) is 16.7. The number of carbonyl (C=O) groups is 1. The van der Waals surface area contributed by atoms with Crippen LogP contribution in [0.5, 0.6) is 5.75 Å². The molecule has 0 unspecified atom stereocenters. The van der Waals surface area contributed by atoms with Gasteiger partial charge >= 0.3 is 0 Å². The molecule has 0 heterocycles. The van der Waals surface area contributed by atoms with E-state index in [0.717, 1.165) is 29.7 Å². The van der Waals surface area contributed by atoms with E-state index >= 15 is 0 Å². The van der Waals surface area contributed by atoms with Crippen LogP contribution in [-0.2, 0) is 26.7 Å². The van der Waals surface area contributed by atoms with Crippen molar-refractivity contribution in [1.82, 2.24) is 5.32 Å². The fraction of sp³-hybridized carbons (Fsp3) is 0.381. The Morgan fingerprint density at radius 3 is 2.68 bits per heavy atom. The summed E-state index contributed by atoms with van der Waals surface area (Å²) < 4.78 is 29.8. The molecular weight excluding hydrogens is 378 g/mol. The third-order valence-corrected chi connectivity index (χ3v) is 6.86. The van der Waals surface area contributed by atoms with Gasteiger partial charge in [0.2, 0.25) is 5.91 Å². The van der Waals surface area contributed by atoms with Gasteiger partial charge in [-0.2, -0.15) is 0 Å². The number of rotatable bonds is 7. The maximum atomic E-state index is 12.3. The van der Waals surface area contributed by atoms with Crippen LogP contribution in [0.3, 0.4) is 0 Å². The Kier molecular flexibility index (Phi) is 6.05. The number of hydrogen-bond acceptors (Lipinski definition) is 5. The van der Waals surface area contributed by atoms with Crippen LogP contribution in [0.15, 0.2) is 53.4 Å². The summed E-state index contributed by atoms with van der Waals surface area (Å²) in [5.41, 5.74) is 0.638. The molecule has 1 atom stereocenters. The molecule has 2 aromatic carbocycles. The molecule has 7 heteroatoms. The maximum absolute atomic E-state index is 12.3. The number of benzene rings is 2. The van der Waals surface area contributed by atoms with Crippen molar-refractivity contribution in [2.24, 2.45) is 0 Å². The molecule has 0 saturated carbocycles. The first-order chi connectivity index (χ1) is 13.3. The maximum Gasteiger partial charge on any atom is 0.221 e. The largest absolute Gasteiger partial charge is 0.497 e. The summed E-state index contributed by atoms with van der Waals surface area (Å²) in [6.07, 6.45) is 2.03. The number of sulfone groups is 1. The number of hydrogen-bond donors (Lipinski definition) is 2. The highest BCUT2D eigenvalue weighted by atomic mass is 32.2. The van der Waals surface area contributed by atoms with Crippen LogP contribution in [-0.4, -0.2) is 38.8 Å². The van der Waals surface area contributed by atoms with Crippen LogP contribution < -0.4 is 10.1 Å². The molecule has 2 aromatic rings. The Morgan fingerprint density at radius 2 is 1.96 bits per heavy atom. The molecule has 3 rings (SSSR count). The molecular formula is C21H25NO5S. The Bertz CT molecular complexity index is 943. The quantitative estimate of drug-likeness (QED) is 0.739. The number of aryl methyl sites for hydroxylation is 1. The lowest BCUT2D eigenvalue weighted by Gasteiger charge is -2.35. The van der Waals surface area contributed by atoms with Gasteiger partial charge < -0.3 is 15.2 Å². The van der Waals surface area contributed by atoms with Gasteiger partial charge in [-0.3, -0.25) is 4.79 Å². The first-order valence-electron chi connectivity index (χ1n) is 9.28. The first-order valence-corrected chi connectivity index (χ1v) is 10.9. The van der Waals surface area contributed by atoms with E-state index in [2.05, 4.69) is 5.32 Å². The minimum Gasteiger partial charge on any atom is -0.497 e. The minimum absolute atomic E-state index is 0.0521. The Labute approximate surface area is 165 Å². The fourth-order valence-corrected chi connectivity index (χ4v) is 4.82. The molecule has 150 valence electrons. The Balaban J connectivity index is 1.61. The zero-order valence-electron chi connectivity index (χ0n) is 15.8. The van der Waals surface area contributed by atoms with Crippen LogP contribution in [0.2, 0.25) is 0 Å². The summed E-state index contributed by atoms with van der Waals surface area (Å²) in [5.74, 6) is 0.0708. The molecule has 0 aliphatic heterocycles. The summed E-state index contributed by atoms with van der Waals surface area (Å²) in [4.78, 5) is 12.4. The van der Waals surface area contributed by atoms with Crippen molar-refractivity contribution in [1.29, 1.82) is 0 Å². The second-order valence-corrected chi connectivity index (χ2v) is 9.18. The van der Waals surface area contributed by atoms with E-state index in [1.165, 1.54) is 12.1 Å². The highest BCUT2D eigenvalue weighted by molar-refractivity contribution is 7.91. The van der Waals surface area contributed by atoms with Crippen molar-refractivity contribution in [2.75, 3.05) is 19.4 Å². The van der Waals surface area contributed by atoms with Gasteiger partial charge in [0.15, 0.2) is 9.84 Å². The number of aliphatic hydroxyl groups is 1. The first kappa shape index (κ1) is 20.4. The second-order valence-electron chi connectivity index (χ2n) is 7.07. The SMILES string of the molecule is COc1ccc2c(c1)CCC[C@@]2(O)CNC(=O)CCS(=O)(=O)c1ccccc1. The van der Waals surface area contributed by atoms with Gasteiger partial charge in [0.25, 0.3) is 0 Å². The summed E-state index contributed by atoms with van der Waals surface area (Å²) >= 11 is 0. The average molecular weight is 404 g/mol. The molecule has 28 heavy (non-hydrogen) atoms.